The third-order valence-electron chi connectivity index (χ3n) is 2.25. The van der Waals surface area contributed by atoms with Crippen LogP contribution in [0, 0.1) is 0 Å². The van der Waals surface area contributed by atoms with Crippen molar-refractivity contribution in [3.05, 3.63) is 17.8 Å². The molecule has 0 atom stereocenters. The van der Waals surface area contributed by atoms with Crippen LogP contribution in [0.3, 0.4) is 0 Å². The van der Waals surface area contributed by atoms with Gasteiger partial charge in [0.15, 0.2) is 5.82 Å². The minimum atomic E-state index is -4.26. The molecule has 0 fully saturated rings. The van der Waals surface area contributed by atoms with Crippen LogP contribution >= 0.6 is 0 Å². The molecule has 5 nitrogen and oxygen atoms in total. The fourth-order valence-corrected chi connectivity index (χ4v) is 1.30. The zero-order valence-corrected chi connectivity index (χ0v) is 9.66. The molecule has 0 bridgehead atoms. The Morgan fingerprint density at radius 3 is 2.56 bits per heavy atom. The molecule has 0 spiro atoms. The molecule has 0 aliphatic carbocycles. The van der Waals surface area contributed by atoms with E-state index in [1.807, 2.05) is 0 Å². The Balaban J connectivity index is 2.87. The number of aromatic nitrogens is 1. The number of hydrogen-bond acceptors (Lipinski definition) is 4. The Labute approximate surface area is 102 Å². The van der Waals surface area contributed by atoms with Crippen molar-refractivity contribution in [3.63, 3.8) is 0 Å². The molecule has 1 rings (SSSR count). The van der Waals surface area contributed by atoms with Gasteiger partial charge in [0.25, 0.3) is 5.91 Å². The lowest BCUT2D eigenvalue weighted by atomic mass is 10.3. The smallest absolute Gasteiger partial charge is 0.390 e. The molecule has 8 heteroatoms. The van der Waals surface area contributed by atoms with Crippen molar-refractivity contribution in [1.29, 1.82) is 0 Å². The highest BCUT2D eigenvalue weighted by atomic mass is 19.4. The summed E-state index contributed by atoms with van der Waals surface area (Å²) >= 11 is 0. The third-order valence-corrected chi connectivity index (χ3v) is 2.25. The number of alkyl halides is 3. The number of hydrogen-bond donors (Lipinski definition) is 2. The number of halogens is 3. The molecule has 0 unspecified atom stereocenters. The lowest BCUT2D eigenvalue weighted by molar-refractivity contribution is -0.132. The monoisotopic (exact) mass is 262 g/mol. The van der Waals surface area contributed by atoms with E-state index in [1.54, 1.807) is 0 Å². The van der Waals surface area contributed by atoms with E-state index in [-0.39, 0.29) is 23.7 Å². The Hall–Kier alpha value is -1.99. The number of amides is 1. The third kappa shape index (κ3) is 3.79. The minimum absolute atomic E-state index is 0.0435. The van der Waals surface area contributed by atoms with Crippen molar-refractivity contribution in [2.24, 2.45) is 5.73 Å². The van der Waals surface area contributed by atoms with Crippen LogP contribution in [0.25, 0.3) is 0 Å². The van der Waals surface area contributed by atoms with Crippen LogP contribution in [0.4, 0.5) is 24.7 Å². The van der Waals surface area contributed by atoms with Crippen molar-refractivity contribution in [1.82, 2.24) is 4.98 Å². The second-order valence-electron chi connectivity index (χ2n) is 3.76. The zero-order chi connectivity index (χ0) is 13.9. The van der Waals surface area contributed by atoms with Crippen LogP contribution < -0.4 is 16.4 Å². The van der Waals surface area contributed by atoms with Crippen LogP contribution in [0.2, 0.25) is 0 Å². The summed E-state index contributed by atoms with van der Waals surface area (Å²) in [5, 5.41) is 0. The molecule has 0 radical (unpaired) electrons. The van der Waals surface area contributed by atoms with Crippen LogP contribution in [0.1, 0.15) is 16.9 Å². The maximum Gasteiger partial charge on any atom is 0.390 e. The summed E-state index contributed by atoms with van der Waals surface area (Å²) in [4.78, 5) is 16.0. The first-order valence-electron chi connectivity index (χ1n) is 5.05. The van der Waals surface area contributed by atoms with Gasteiger partial charge in [-0.15, -0.1) is 0 Å². The van der Waals surface area contributed by atoms with E-state index >= 15 is 0 Å². The first kappa shape index (κ1) is 14.1. The highest BCUT2D eigenvalue weighted by molar-refractivity contribution is 5.91. The average Bonchev–Trinajstić information content (AvgIpc) is 2.25. The second-order valence-corrected chi connectivity index (χ2v) is 3.76. The molecule has 4 N–H and O–H groups in total. The van der Waals surface area contributed by atoms with Gasteiger partial charge in [0.1, 0.15) is 5.69 Å². The number of nitrogens with two attached hydrogens (primary N) is 2. The standard InChI is InChI=1S/C10H13F3N4O/c1-17(5-4-10(11,12)13)9-6(14)2-3-7(16-9)8(15)18/h2-3H,4-5,14H2,1H3,(H2,15,18). The number of carbonyl (C=O) groups is 1. The Morgan fingerprint density at radius 1 is 1.44 bits per heavy atom. The molecule has 1 heterocycles. The van der Waals surface area contributed by atoms with E-state index < -0.39 is 18.5 Å². The molecule has 0 aromatic carbocycles. The summed E-state index contributed by atoms with van der Waals surface area (Å²) in [5.41, 5.74) is 10.8. The molecule has 1 amide bonds. The van der Waals surface area contributed by atoms with Crippen molar-refractivity contribution >= 4 is 17.4 Å². The first-order chi connectivity index (χ1) is 8.20. The van der Waals surface area contributed by atoms with Crippen LogP contribution in [0.15, 0.2) is 12.1 Å². The number of rotatable bonds is 4. The highest BCUT2D eigenvalue weighted by Gasteiger charge is 2.27. The minimum Gasteiger partial charge on any atom is -0.396 e. The predicted molar refractivity (Wildman–Crippen MR) is 61.1 cm³/mol. The van der Waals surface area contributed by atoms with Gasteiger partial charge in [-0.1, -0.05) is 0 Å². The average molecular weight is 262 g/mol. The quantitative estimate of drug-likeness (QED) is 0.852. The first-order valence-corrected chi connectivity index (χ1v) is 5.05. The van der Waals surface area contributed by atoms with Crippen molar-refractivity contribution < 1.29 is 18.0 Å². The predicted octanol–water partition coefficient (Wildman–Crippen LogP) is 1.15. The largest absolute Gasteiger partial charge is 0.396 e. The molecule has 100 valence electrons. The SMILES string of the molecule is CN(CCC(F)(F)F)c1nc(C(N)=O)ccc1N. The van der Waals surface area contributed by atoms with Crippen LogP contribution in [0.5, 0.6) is 0 Å². The van der Waals surface area contributed by atoms with Crippen molar-refractivity contribution in [2.75, 3.05) is 24.2 Å². The second kappa shape index (κ2) is 5.11. The molecule has 0 saturated carbocycles. The van der Waals surface area contributed by atoms with Gasteiger partial charge in [0.05, 0.1) is 12.1 Å². The fourth-order valence-electron chi connectivity index (χ4n) is 1.30. The van der Waals surface area contributed by atoms with E-state index in [1.165, 1.54) is 24.1 Å². The fraction of sp³-hybridized carbons (Fsp3) is 0.400. The number of primary amides is 1. The summed E-state index contributed by atoms with van der Waals surface area (Å²) in [6.07, 6.45) is -5.25. The van der Waals surface area contributed by atoms with Crippen molar-refractivity contribution in [3.8, 4) is 0 Å². The van der Waals surface area contributed by atoms with Gasteiger partial charge in [-0.2, -0.15) is 13.2 Å². The van der Waals surface area contributed by atoms with E-state index in [9.17, 15) is 18.0 Å². The van der Waals surface area contributed by atoms with E-state index in [0.717, 1.165) is 0 Å². The molecule has 1 aromatic heterocycles. The summed E-state index contributed by atoms with van der Waals surface area (Å²) < 4.78 is 36.3. The van der Waals surface area contributed by atoms with E-state index in [4.69, 9.17) is 11.5 Å². The number of nitrogen functional groups attached to an aromatic ring is 1. The van der Waals surface area contributed by atoms with Gasteiger partial charge < -0.3 is 16.4 Å². The van der Waals surface area contributed by atoms with E-state index in [0.29, 0.717) is 0 Å². The number of anilines is 2. The summed E-state index contributed by atoms with van der Waals surface area (Å²) in [5.74, 6) is -0.656. The van der Waals surface area contributed by atoms with Gasteiger partial charge in [0.2, 0.25) is 0 Å². The number of nitrogens with zero attached hydrogens (tertiary/aromatic N) is 2. The van der Waals surface area contributed by atoms with Crippen LogP contribution in [-0.4, -0.2) is 30.7 Å². The Morgan fingerprint density at radius 2 is 2.06 bits per heavy atom. The van der Waals surface area contributed by atoms with Gasteiger partial charge in [-0.05, 0) is 12.1 Å². The lowest BCUT2D eigenvalue weighted by Crippen LogP contribution is -2.26. The summed E-state index contributed by atoms with van der Waals surface area (Å²) in [6, 6.07) is 2.70. The molecule has 0 saturated heterocycles. The zero-order valence-electron chi connectivity index (χ0n) is 9.66. The van der Waals surface area contributed by atoms with Gasteiger partial charge in [-0.3, -0.25) is 4.79 Å². The topological polar surface area (TPSA) is 85.2 Å². The Kier molecular flexibility index (Phi) is 4.00. The highest BCUT2D eigenvalue weighted by Crippen LogP contribution is 2.24. The van der Waals surface area contributed by atoms with Crippen molar-refractivity contribution in [2.45, 2.75) is 12.6 Å². The molecule has 1 aromatic rings. The molecular weight excluding hydrogens is 249 g/mol. The number of carbonyl (C=O) groups excluding carboxylic acids is 1. The van der Waals surface area contributed by atoms with Gasteiger partial charge in [0, 0.05) is 13.6 Å². The van der Waals surface area contributed by atoms with Gasteiger partial charge >= 0.3 is 6.18 Å². The molecule has 0 aliphatic rings. The van der Waals surface area contributed by atoms with Gasteiger partial charge in [-0.25, -0.2) is 4.98 Å². The molecule has 0 aliphatic heterocycles. The Bertz CT molecular complexity index is 447. The summed E-state index contributed by atoms with van der Waals surface area (Å²) in [7, 11) is 1.41. The molecular formula is C10H13F3N4O. The van der Waals surface area contributed by atoms with Crippen LogP contribution in [-0.2, 0) is 0 Å². The van der Waals surface area contributed by atoms with E-state index in [2.05, 4.69) is 4.98 Å². The number of pyridine rings is 1. The lowest BCUT2D eigenvalue weighted by Gasteiger charge is -2.20. The summed E-state index contributed by atoms with van der Waals surface area (Å²) in [6.45, 7) is -0.303. The normalized spacial score (nSPS) is 11.3. The maximum absolute atomic E-state index is 12.1. The maximum atomic E-state index is 12.1. The molecule has 18 heavy (non-hydrogen) atoms.